The second-order valence-electron chi connectivity index (χ2n) is 7.89. The highest BCUT2D eigenvalue weighted by Crippen LogP contribution is 2.08. The molecule has 0 fully saturated rings. The lowest BCUT2D eigenvalue weighted by molar-refractivity contribution is -0.142. The van der Waals surface area contributed by atoms with E-state index in [1.54, 1.807) is 0 Å². The maximum atomic E-state index is 12.8. The second kappa shape index (κ2) is 13.4. The van der Waals surface area contributed by atoms with Crippen molar-refractivity contribution in [1.82, 2.24) is 25.9 Å². The molecule has 33 heavy (non-hydrogen) atoms. The third kappa shape index (κ3) is 9.91. The lowest BCUT2D eigenvalue weighted by Crippen LogP contribution is -2.58. The third-order valence-corrected chi connectivity index (χ3v) is 4.87. The first-order valence-corrected chi connectivity index (χ1v) is 10.8. The first-order valence-electron chi connectivity index (χ1n) is 10.2. The summed E-state index contributed by atoms with van der Waals surface area (Å²) in [5.74, 6) is -4.36. The number of aromatic nitrogens is 2. The molecule has 184 valence electrons. The van der Waals surface area contributed by atoms with Crippen molar-refractivity contribution in [2.45, 2.75) is 57.3 Å². The molecular weight excluding hydrogens is 454 g/mol. The van der Waals surface area contributed by atoms with E-state index in [1.165, 1.54) is 12.5 Å². The first kappa shape index (κ1) is 27.9. The molecule has 0 aliphatic carbocycles. The molecule has 1 rings (SSSR count). The van der Waals surface area contributed by atoms with Crippen LogP contribution >= 0.6 is 12.6 Å². The van der Waals surface area contributed by atoms with Crippen molar-refractivity contribution >= 4 is 42.2 Å². The van der Waals surface area contributed by atoms with Gasteiger partial charge in [-0.2, -0.15) is 12.6 Å². The number of hydrogen-bond donors (Lipinski definition) is 8. The number of carbonyl (C=O) groups excluding carboxylic acids is 4. The number of nitrogens with one attached hydrogen (secondary N) is 4. The van der Waals surface area contributed by atoms with E-state index in [9.17, 15) is 29.1 Å². The standard InChI is InChI=1S/C19H31N7O6S/c1-9(2)3-12(17(29)25-13(19(31)32)4-10-6-22-8-23-10)24-18(30)14(7-33)26-16(28)11(20)5-15(21)27/h6,8-9,11-14,33H,3-5,7,20H2,1-2H3,(H2,21,27)(H,22,23)(H,24,30)(H,25,29)(H,26,28)(H,31,32). The van der Waals surface area contributed by atoms with E-state index in [0.29, 0.717) is 5.69 Å². The summed E-state index contributed by atoms with van der Waals surface area (Å²) < 4.78 is 0. The van der Waals surface area contributed by atoms with Crippen LogP contribution in [0.1, 0.15) is 32.4 Å². The highest BCUT2D eigenvalue weighted by molar-refractivity contribution is 7.80. The smallest absolute Gasteiger partial charge is 0.326 e. The predicted molar refractivity (Wildman–Crippen MR) is 121 cm³/mol. The van der Waals surface area contributed by atoms with Crippen LogP contribution in [-0.4, -0.2) is 74.6 Å². The summed E-state index contributed by atoms with van der Waals surface area (Å²) in [7, 11) is 0. The minimum absolute atomic E-state index is 0.0232. The number of hydrogen-bond acceptors (Lipinski definition) is 8. The van der Waals surface area contributed by atoms with Gasteiger partial charge in [0.2, 0.25) is 23.6 Å². The number of carbonyl (C=O) groups is 5. The van der Waals surface area contributed by atoms with Gasteiger partial charge in [-0.15, -0.1) is 0 Å². The number of rotatable bonds is 14. The summed E-state index contributed by atoms with van der Waals surface area (Å²) in [6.07, 6.45) is 2.61. The van der Waals surface area contributed by atoms with E-state index in [2.05, 4.69) is 38.5 Å². The molecule has 1 aromatic rings. The number of nitrogens with two attached hydrogens (primary N) is 2. The van der Waals surface area contributed by atoms with Crippen LogP contribution in [0, 0.1) is 5.92 Å². The van der Waals surface area contributed by atoms with Gasteiger partial charge >= 0.3 is 5.97 Å². The molecule has 4 atom stereocenters. The van der Waals surface area contributed by atoms with Gasteiger partial charge in [0.05, 0.1) is 18.8 Å². The number of thiol groups is 1. The third-order valence-electron chi connectivity index (χ3n) is 4.51. The van der Waals surface area contributed by atoms with Crippen LogP contribution < -0.4 is 27.4 Å². The molecule has 14 heteroatoms. The van der Waals surface area contributed by atoms with Crippen molar-refractivity contribution in [3.8, 4) is 0 Å². The number of carboxylic acids is 1. The summed E-state index contributed by atoms with van der Waals surface area (Å²) in [6, 6.07) is -4.72. The highest BCUT2D eigenvalue weighted by Gasteiger charge is 2.30. The van der Waals surface area contributed by atoms with Gasteiger partial charge in [-0.05, 0) is 12.3 Å². The predicted octanol–water partition coefficient (Wildman–Crippen LogP) is -2.33. The van der Waals surface area contributed by atoms with Gasteiger partial charge in [0, 0.05) is 24.1 Å². The lowest BCUT2D eigenvalue weighted by Gasteiger charge is -2.25. The van der Waals surface area contributed by atoms with Gasteiger partial charge in [0.1, 0.15) is 18.1 Å². The van der Waals surface area contributed by atoms with Gasteiger partial charge in [-0.25, -0.2) is 9.78 Å². The normalized spacial score (nSPS) is 14.6. The number of imidazole rings is 1. The molecule has 0 saturated heterocycles. The number of amides is 4. The Bertz CT molecular complexity index is 833. The van der Waals surface area contributed by atoms with Crippen molar-refractivity contribution < 1.29 is 29.1 Å². The zero-order valence-electron chi connectivity index (χ0n) is 18.4. The van der Waals surface area contributed by atoms with Crippen LogP contribution in [0.25, 0.3) is 0 Å². The topological polar surface area (TPSA) is 222 Å². The molecule has 0 saturated carbocycles. The Morgan fingerprint density at radius 2 is 1.64 bits per heavy atom. The SMILES string of the molecule is CC(C)CC(NC(=O)C(CS)NC(=O)C(N)CC(N)=O)C(=O)NC(Cc1cnc[nH]1)C(=O)O. The number of nitrogens with zero attached hydrogens (tertiary/aromatic N) is 1. The minimum atomic E-state index is -1.25. The number of H-pyrrole nitrogens is 1. The van der Waals surface area contributed by atoms with E-state index in [4.69, 9.17) is 11.5 Å². The molecule has 0 aromatic carbocycles. The van der Waals surface area contributed by atoms with Crippen LogP contribution in [0.2, 0.25) is 0 Å². The fourth-order valence-electron chi connectivity index (χ4n) is 2.85. The molecule has 13 nitrogen and oxygen atoms in total. The van der Waals surface area contributed by atoms with E-state index in [1.807, 2.05) is 13.8 Å². The molecule has 0 bridgehead atoms. The van der Waals surface area contributed by atoms with Crippen molar-refractivity contribution in [2.75, 3.05) is 5.75 Å². The van der Waals surface area contributed by atoms with Crippen LogP contribution in [0.3, 0.4) is 0 Å². The average molecular weight is 486 g/mol. The van der Waals surface area contributed by atoms with Gasteiger partial charge < -0.3 is 37.5 Å². The molecule has 9 N–H and O–H groups in total. The van der Waals surface area contributed by atoms with Crippen molar-refractivity contribution in [1.29, 1.82) is 0 Å². The molecule has 1 aromatic heterocycles. The van der Waals surface area contributed by atoms with E-state index < -0.39 is 60.2 Å². The van der Waals surface area contributed by atoms with Gasteiger partial charge in [-0.3, -0.25) is 19.2 Å². The Kier molecular flexibility index (Phi) is 11.4. The van der Waals surface area contributed by atoms with E-state index in [0.717, 1.165) is 0 Å². The Morgan fingerprint density at radius 3 is 2.12 bits per heavy atom. The molecule has 4 unspecified atom stereocenters. The summed E-state index contributed by atoms with van der Waals surface area (Å²) in [6.45, 7) is 3.65. The van der Waals surface area contributed by atoms with Crippen molar-refractivity contribution in [3.05, 3.63) is 18.2 Å². The zero-order valence-corrected chi connectivity index (χ0v) is 19.3. The van der Waals surface area contributed by atoms with Crippen LogP contribution in [0.5, 0.6) is 0 Å². The monoisotopic (exact) mass is 485 g/mol. The summed E-state index contributed by atoms with van der Waals surface area (Å²) in [5.41, 5.74) is 11.1. The maximum Gasteiger partial charge on any atom is 0.326 e. The highest BCUT2D eigenvalue weighted by atomic mass is 32.1. The van der Waals surface area contributed by atoms with Crippen molar-refractivity contribution in [3.63, 3.8) is 0 Å². The summed E-state index contributed by atoms with van der Waals surface area (Å²) in [4.78, 5) is 66.8. The van der Waals surface area contributed by atoms with Gasteiger partial charge in [0.25, 0.3) is 0 Å². The van der Waals surface area contributed by atoms with Crippen LogP contribution in [0.4, 0.5) is 0 Å². The van der Waals surface area contributed by atoms with Gasteiger partial charge in [0.15, 0.2) is 0 Å². The largest absolute Gasteiger partial charge is 0.480 e. The average Bonchev–Trinajstić information content (AvgIpc) is 3.22. The Balaban J connectivity index is 2.87. The Hall–Kier alpha value is -3.13. The van der Waals surface area contributed by atoms with E-state index in [-0.39, 0.29) is 24.5 Å². The van der Waals surface area contributed by atoms with Crippen molar-refractivity contribution in [2.24, 2.45) is 17.4 Å². The Labute approximate surface area is 196 Å². The Morgan fingerprint density at radius 1 is 1.06 bits per heavy atom. The van der Waals surface area contributed by atoms with Gasteiger partial charge in [-0.1, -0.05) is 13.8 Å². The fraction of sp³-hybridized carbons (Fsp3) is 0.579. The molecule has 4 amide bonds. The molecule has 1 heterocycles. The zero-order chi connectivity index (χ0) is 25.1. The summed E-state index contributed by atoms with van der Waals surface area (Å²) >= 11 is 4.05. The molecule has 0 aliphatic rings. The number of primary amides is 1. The van der Waals surface area contributed by atoms with Crippen LogP contribution in [-0.2, 0) is 30.4 Å². The molecule has 0 radical (unpaired) electrons. The fourth-order valence-corrected chi connectivity index (χ4v) is 3.10. The van der Waals surface area contributed by atoms with Crippen LogP contribution in [0.15, 0.2) is 12.5 Å². The molecular formula is C19H31N7O6S. The maximum absolute atomic E-state index is 12.8. The number of aromatic amines is 1. The second-order valence-corrected chi connectivity index (χ2v) is 8.26. The molecule has 0 aliphatic heterocycles. The quantitative estimate of drug-likeness (QED) is 0.133. The van der Waals surface area contributed by atoms with E-state index >= 15 is 0 Å². The minimum Gasteiger partial charge on any atom is -0.480 e. The first-order chi connectivity index (χ1) is 15.4. The number of aliphatic carboxylic acids is 1. The molecule has 0 spiro atoms. The lowest BCUT2D eigenvalue weighted by atomic mass is 10.0. The number of carboxylic acid groups (broad SMARTS) is 1. The summed E-state index contributed by atoms with van der Waals surface area (Å²) in [5, 5.41) is 16.8.